The Labute approximate surface area is 147 Å². The van der Waals surface area contributed by atoms with Crippen LogP contribution in [-0.2, 0) is 11.2 Å². The summed E-state index contributed by atoms with van der Waals surface area (Å²) < 4.78 is 24.3. The first kappa shape index (κ1) is 17.2. The van der Waals surface area contributed by atoms with Crippen molar-refractivity contribution >= 4 is 28.5 Å². The number of hydrogen-bond acceptors (Lipinski definition) is 4. The predicted octanol–water partition coefficient (Wildman–Crippen LogP) is 4.35. The summed E-state index contributed by atoms with van der Waals surface area (Å²) in [7, 11) is 0. The third-order valence-corrected chi connectivity index (χ3v) is 4.28. The zero-order valence-electron chi connectivity index (χ0n) is 13.6. The van der Waals surface area contributed by atoms with Gasteiger partial charge >= 0.3 is 11.6 Å². The molecule has 0 bridgehead atoms. The molecule has 0 amide bonds. The van der Waals surface area contributed by atoms with E-state index in [2.05, 4.69) is 0 Å². The number of halogens is 2. The standard InChI is InChI=1S/C19H14ClFO4/c1-10-8-17(22)25-19-11(2)16(7-6-12(10)19)24-18(23)9-13-14(20)4-3-5-15(13)21/h3-8H,9H2,1-2H3. The number of ether oxygens (including phenoxy) is 1. The number of esters is 1. The molecule has 0 radical (unpaired) electrons. The molecule has 4 nitrogen and oxygen atoms in total. The molecule has 0 unspecified atom stereocenters. The van der Waals surface area contributed by atoms with E-state index < -0.39 is 17.4 Å². The summed E-state index contributed by atoms with van der Waals surface area (Å²) in [5.74, 6) is -0.982. The average Bonchev–Trinajstić information content (AvgIpc) is 2.54. The summed E-state index contributed by atoms with van der Waals surface area (Å²) >= 11 is 5.92. The van der Waals surface area contributed by atoms with Gasteiger partial charge in [-0.15, -0.1) is 0 Å². The van der Waals surface area contributed by atoms with Crippen LogP contribution < -0.4 is 10.4 Å². The Bertz CT molecular complexity index is 1020. The summed E-state index contributed by atoms with van der Waals surface area (Å²) in [5.41, 5.74) is 1.25. The van der Waals surface area contributed by atoms with E-state index in [0.717, 1.165) is 10.9 Å². The summed E-state index contributed by atoms with van der Waals surface area (Å²) in [6.07, 6.45) is -0.305. The minimum Gasteiger partial charge on any atom is -0.426 e. The third kappa shape index (κ3) is 3.42. The van der Waals surface area contributed by atoms with Crippen LogP contribution in [0.5, 0.6) is 5.75 Å². The third-order valence-electron chi connectivity index (χ3n) is 3.92. The van der Waals surface area contributed by atoms with E-state index >= 15 is 0 Å². The van der Waals surface area contributed by atoms with Crippen molar-refractivity contribution in [3.63, 3.8) is 0 Å². The van der Waals surface area contributed by atoms with Crippen LogP contribution in [0.25, 0.3) is 11.0 Å². The highest BCUT2D eigenvalue weighted by atomic mass is 35.5. The first-order valence-corrected chi connectivity index (χ1v) is 7.92. The van der Waals surface area contributed by atoms with E-state index in [1.165, 1.54) is 24.3 Å². The Kier molecular flexibility index (Phi) is 4.59. The van der Waals surface area contributed by atoms with E-state index in [-0.39, 0.29) is 22.8 Å². The van der Waals surface area contributed by atoms with Gasteiger partial charge in [-0.05, 0) is 43.7 Å². The second-order valence-electron chi connectivity index (χ2n) is 5.66. The average molecular weight is 361 g/mol. The van der Waals surface area contributed by atoms with E-state index in [0.29, 0.717) is 11.1 Å². The second kappa shape index (κ2) is 6.69. The van der Waals surface area contributed by atoms with Crippen LogP contribution in [0, 0.1) is 19.7 Å². The normalized spacial score (nSPS) is 10.9. The van der Waals surface area contributed by atoms with Gasteiger partial charge in [0.2, 0.25) is 0 Å². The topological polar surface area (TPSA) is 56.5 Å². The molecule has 3 aromatic rings. The molecule has 2 aromatic carbocycles. The summed E-state index contributed by atoms with van der Waals surface area (Å²) in [5, 5.41) is 0.919. The van der Waals surface area contributed by atoms with Gasteiger partial charge in [-0.25, -0.2) is 9.18 Å². The Morgan fingerprint density at radius 1 is 1.24 bits per heavy atom. The van der Waals surface area contributed by atoms with Crippen molar-refractivity contribution in [2.24, 2.45) is 0 Å². The first-order chi connectivity index (χ1) is 11.9. The smallest absolute Gasteiger partial charge is 0.336 e. The summed E-state index contributed by atoms with van der Waals surface area (Å²) in [4.78, 5) is 23.7. The second-order valence-corrected chi connectivity index (χ2v) is 6.07. The van der Waals surface area contributed by atoms with Crippen LogP contribution in [0.3, 0.4) is 0 Å². The quantitative estimate of drug-likeness (QED) is 0.396. The molecule has 0 atom stereocenters. The van der Waals surface area contributed by atoms with Crippen molar-refractivity contribution in [3.8, 4) is 5.75 Å². The van der Waals surface area contributed by atoms with Crippen molar-refractivity contribution in [1.29, 1.82) is 0 Å². The van der Waals surface area contributed by atoms with Gasteiger partial charge in [0.05, 0.1) is 6.42 Å². The molecule has 0 spiro atoms. The van der Waals surface area contributed by atoms with Crippen molar-refractivity contribution < 1.29 is 18.3 Å². The van der Waals surface area contributed by atoms with Crippen LogP contribution in [0.1, 0.15) is 16.7 Å². The van der Waals surface area contributed by atoms with Crippen LogP contribution in [0.4, 0.5) is 4.39 Å². The van der Waals surface area contributed by atoms with Crippen molar-refractivity contribution in [1.82, 2.24) is 0 Å². The Hall–Kier alpha value is -2.66. The lowest BCUT2D eigenvalue weighted by atomic mass is 10.1. The van der Waals surface area contributed by atoms with Crippen LogP contribution >= 0.6 is 11.6 Å². The molecule has 0 aliphatic heterocycles. The SMILES string of the molecule is Cc1cc(=O)oc2c(C)c(OC(=O)Cc3c(F)cccc3Cl)ccc12. The summed E-state index contributed by atoms with van der Waals surface area (Å²) in [6.45, 7) is 3.48. The highest BCUT2D eigenvalue weighted by Crippen LogP contribution is 2.29. The van der Waals surface area contributed by atoms with E-state index in [1.807, 2.05) is 0 Å². The Morgan fingerprint density at radius 2 is 2.00 bits per heavy atom. The lowest BCUT2D eigenvalue weighted by Crippen LogP contribution is -2.13. The summed E-state index contributed by atoms with van der Waals surface area (Å²) in [6, 6.07) is 8.92. The maximum Gasteiger partial charge on any atom is 0.336 e. The molecule has 0 saturated heterocycles. The fraction of sp³-hybridized carbons (Fsp3) is 0.158. The maximum absolute atomic E-state index is 13.8. The first-order valence-electron chi connectivity index (χ1n) is 7.54. The number of hydrogen-bond donors (Lipinski definition) is 0. The van der Waals surface area contributed by atoms with Crippen LogP contribution in [0.2, 0.25) is 5.02 Å². The Balaban J connectivity index is 1.92. The van der Waals surface area contributed by atoms with Gasteiger partial charge in [0.25, 0.3) is 0 Å². The highest BCUT2D eigenvalue weighted by molar-refractivity contribution is 6.31. The predicted molar refractivity (Wildman–Crippen MR) is 92.7 cm³/mol. The van der Waals surface area contributed by atoms with Crippen molar-refractivity contribution in [3.05, 3.63) is 74.3 Å². The minimum atomic E-state index is -0.663. The molecule has 0 aliphatic rings. The zero-order chi connectivity index (χ0) is 18.1. The molecule has 25 heavy (non-hydrogen) atoms. The van der Waals surface area contributed by atoms with Crippen molar-refractivity contribution in [2.45, 2.75) is 20.3 Å². The number of benzene rings is 2. The van der Waals surface area contributed by atoms with Crippen molar-refractivity contribution in [2.75, 3.05) is 0 Å². The fourth-order valence-electron chi connectivity index (χ4n) is 2.62. The maximum atomic E-state index is 13.8. The largest absolute Gasteiger partial charge is 0.426 e. The molecule has 0 fully saturated rings. The molecule has 3 rings (SSSR count). The van der Waals surface area contributed by atoms with Gasteiger partial charge in [-0.3, -0.25) is 4.79 Å². The van der Waals surface area contributed by atoms with Gasteiger partial charge < -0.3 is 9.15 Å². The number of carbonyl (C=O) groups is 1. The number of carbonyl (C=O) groups excluding carboxylic acids is 1. The molecular formula is C19H14ClFO4. The number of fused-ring (bicyclic) bond motifs is 1. The van der Waals surface area contributed by atoms with E-state index in [9.17, 15) is 14.0 Å². The molecule has 128 valence electrons. The monoisotopic (exact) mass is 360 g/mol. The number of aryl methyl sites for hydroxylation is 2. The molecule has 6 heteroatoms. The molecule has 0 aliphatic carbocycles. The molecule has 1 aromatic heterocycles. The number of rotatable bonds is 3. The molecule has 0 N–H and O–H groups in total. The fourth-order valence-corrected chi connectivity index (χ4v) is 2.84. The van der Waals surface area contributed by atoms with Gasteiger partial charge in [-0.2, -0.15) is 0 Å². The molecule has 1 heterocycles. The lowest BCUT2D eigenvalue weighted by molar-refractivity contribution is -0.133. The van der Waals surface area contributed by atoms with E-state index in [1.54, 1.807) is 26.0 Å². The van der Waals surface area contributed by atoms with Gasteiger partial charge in [0.15, 0.2) is 0 Å². The van der Waals surface area contributed by atoms with Crippen LogP contribution in [0.15, 0.2) is 45.6 Å². The van der Waals surface area contributed by atoms with E-state index in [4.69, 9.17) is 20.8 Å². The molecule has 0 saturated carbocycles. The lowest BCUT2D eigenvalue weighted by Gasteiger charge is -2.11. The zero-order valence-corrected chi connectivity index (χ0v) is 14.3. The van der Waals surface area contributed by atoms with Gasteiger partial charge in [-0.1, -0.05) is 17.7 Å². The van der Waals surface area contributed by atoms with Gasteiger partial charge in [0.1, 0.15) is 17.1 Å². The van der Waals surface area contributed by atoms with Gasteiger partial charge in [0, 0.05) is 27.6 Å². The molecular weight excluding hydrogens is 347 g/mol. The minimum absolute atomic E-state index is 0.0787. The highest BCUT2D eigenvalue weighted by Gasteiger charge is 2.16. The van der Waals surface area contributed by atoms with Crippen LogP contribution in [-0.4, -0.2) is 5.97 Å². The Morgan fingerprint density at radius 3 is 2.72 bits per heavy atom.